The molecule has 0 saturated carbocycles. The van der Waals surface area contributed by atoms with Crippen LogP contribution in [0.3, 0.4) is 0 Å². The van der Waals surface area contributed by atoms with E-state index in [9.17, 15) is 14.4 Å². The van der Waals surface area contributed by atoms with Gasteiger partial charge in [0.05, 0.1) is 13.2 Å². The van der Waals surface area contributed by atoms with Crippen LogP contribution >= 0.6 is 0 Å². The lowest BCUT2D eigenvalue weighted by atomic mass is 10.0. The van der Waals surface area contributed by atoms with Crippen LogP contribution < -0.4 is 5.32 Å². The molecule has 3 rings (SSSR count). The Morgan fingerprint density at radius 3 is 2.45 bits per heavy atom. The number of carbonyl (C=O) groups excluding carboxylic acids is 3. The van der Waals surface area contributed by atoms with Crippen LogP contribution in [-0.2, 0) is 14.3 Å². The van der Waals surface area contributed by atoms with Gasteiger partial charge in [-0.2, -0.15) is 0 Å². The second-order valence-corrected chi connectivity index (χ2v) is 8.15. The van der Waals surface area contributed by atoms with Crippen molar-refractivity contribution in [3.63, 3.8) is 0 Å². The lowest BCUT2D eigenvalue weighted by Crippen LogP contribution is -2.55. The van der Waals surface area contributed by atoms with E-state index >= 15 is 0 Å². The van der Waals surface area contributed by atoms with Gasteiger partial charge in [0.1, 0.15) is 12.1 Å². The van der Waals surface area contributed by atoms with Gasteiger partial charge in [0.15, 0.2) is 0 Å². The van der Waals surface area contributed by atoms with E-state index in [2.05, 4.69) is 5.32 Å². The highest BCUT2D eigenvalue weighted by Gasteiger charge is 2.37. The van der Waals surface area contributed by atoms with E-state index < -0.39 is 12.1 Å². The number of morpholine rings is 1. The standard InChI is InChI=1S/C22H31N3O4/c1-16(2)15-18(22(28)24-11-13-29-14-12-24)23-20(26)19-9-6-10-25(19)21(27)17-7-4-3-5-8-17/h3-5,7-8,16,18-19H,6,9-15H2,1-2H3,(H,23,26)/t18-,19-/m0/s1. The maximum atomic E-state index is 13.1. The fourth-order valence-corrected chi connectivity index (χ4v) is 3.99. The number of ether oxygens (including phenoxy) is 1. The Kier molecular flexibility index (Phi) is 7.25. The summed E-state index contributed by atoms with van der Waals surface area (Å²) in [5.41, 5.74) is 0.579. The number of rotatable bonds is 6. The average Bonchev–Trinajstić information content (AvgIpc) is 3.23. The average molecular weight is 402 g/mol. The summed E-state index contributed by atoms with van der Waals surface area (Å²) in [5, 5.41) is 2.96. The van der Waals surface area contributed by atoms with Gasteiger partial charge in [-0.25, -0.2) is 0 Å². The Hall–Kier alpha value is -2.41. The van der Waals surface area contributed by atoms with Crippen molar-refractivity contribution < 1.29 is 19.1 Å². The Labute approximate surface area is 172 Å². The number of carbonyl (C=O) groups is 3. The second kappa shape index (κ2) is 9.87. The van der Waals surface area contributed by atoms with Crippen molar-refractivity contribution in [2.75, 3.05) is 32.8 Å². The molecule has 0 bridgehead atoms. The van der Waals surface area contributed by atoms with Crippen LogP contribution in [0.1, 0.15) is 43.5 Å². The molecular formula is C22H31N3O4. The Bertz CT molecular complexity index is 716. The van der Waals surface area contributed by atoms with Crippen LogP contribution in [0, 0.1) is 5.92 Å². The number of nitrogens with one attached hydrogen (secondary N) is 1. The molecule has 0 aromatic heterocycles. The summed E-state index contributed by atoms with van der Waals surface area (Å²) in [7, 11) is 0. The van der Waals surface area contributed by atoms with Gasteiger partial charge in [-0.3, -0.25) is 14.4 Å². The lowest BCUT2D eigenvalue weighted by Gasteiger charge is -2.32. The predicted octanol–water partition coefficient (Wildman–Crippen LogP) is 1.68. The maximum absolute atomic E-state index is 13.1. The van der Waals surface area contributed by atoms with E-state index in [0.717, 1.165) is 6.42 Å². The van der Waals surface area contributed by atoms with Crippen molar-refractivity contribution in [1.29, 1.82) is 0 Å². The van der Waals surface area contributed by atoms with Gasteiger partial charge in [-0.1, -0.05) is 32.0 Å². The van der Waals surface area contributed by atoms with Crippen LogP contribution in [-0.4, -0.2) is 72.5 Å². The first-order valence-corrected chi connectivity index (χ1v) is 10.5. The Morgan fingerprint density at radius 1 is 1.10 bits per heavy atom. The van der Waals surface area contributed by atoms with Gasteiger partial charge in [0.25, 0.3) is 5.91 Å². The maximum Gasteiger partial charge on any atom is 0.254 e. The molecule has 2 heterocycles. The molecule has 7 heteroatoms. The molecular weight excluding hydrogens is 370 g/mol. The molecule has 2 aliphatic heterocycles. The number of benzene rings is 1. The fourth-order valence-electron chi connectivity index (χ4n) is 3.99. The highest BCUT2D eigenvalue weighted by atomic mass is 16.5. The molecule has 2 saturated heterocycles. The van der Waals surface area contributed by atoms with Crippen molar-refractivity contribution in [3.05, 3.63) is 35.9 Å². The third-order valence-corrected chi connectivity index (χ3v) is 5.48. The molecule has 1 N–H and O–H groups in total. The van der Waals surface area contributed by atoms with Crippen molar-refractivity contribution in [3.8, 4) is 0 Å². The summed E-state index contributed by atoms with van der Waals surface area (Å²) in [6, 6.07) is 7.91. The quantitative estimate of drug-likeness (QED) is 0.787. The summed E-state index contributed by atoms with van der Waals surface area (Å²) in [4.78, 5) is 42.3. The molecule has 2 fully saturated rings. The smallest absolute Gasteiger partial charge is 0.254 e. The molecule has 7 nitrogen and oxygen atoms in total. The number of amides is 3. The van der Waals surface area contributed by atoms with E-state index in [1.807, 2.05) is 32.0 Å². The van der Waals surface area contributed by atoms with Crippen molar-refractivity contribution in [2.45, 2.75) is 45.2 Å². The van der Waals surface area contributed by atoms with Gasteiger partial charge in [0, 0.05) is 25.2 Å². The summed E-state index contributed by atoms with van der Waals surface area (Å²) in [6.45, 7) is 6.76. The monoisotopic (exact) mass is 401 g/mol. The van der Waals surface area contributed by atoms with Crippen LogP contribution in [0.2, 0.25) is 0 Å². The minimum absolute atomic E-state index is 0.0608. The number of hydrogen-bond donors (Lipinski definition) is 1. The summed E-state index contributed by atoms with van der Waals surface area (Å²) in [6.07, 6.45) is 1.97. The normalized spacial score (nSPS) is 20.6. The Balaban J connectivity index is 1.69. The molecule has 2 aliphatic rings. The zero-order valence-electron chi connectivity index (χ0n) is 17.3. The first-order chi connectivity index (χ1) is 14.0. The van der Waals surface area contributed by atoms with Gasteiger partial charge in [-0.05, 0) is 37.3 Å². The van der Waals surface area contributed by atoms with Crippen LogP contribution in [0.15, 0.2) is 30.3 Å². The van der Waals surface area contributed by atoms with E-state index in [1.165, 1.54) is 0 Å². The Morgan fingerprint density at radius 2 is 1.79 bits per heavy atom. The van der Waals surface area contributed by atoms with Crippen molar-refractivity contribution in [1.82, 2.24) is 15.1 Å². The van der Waals surface area contributed by atoms with E-state index in [0.29, 0.717) is 51.3 Å². The summed E-state index contributed by atoms with van der Waals surface area (Å²) < 4.78 is 5.33. The highest BCUT2D eigenvalue weighted by molar-refractivity contribution is 5.98. The van der Waals surface area contributed by atoms with Crippen LogP contribution in [0.25, 0.3) is 0 Å². The van der Waals surface area contributed by atoms with Gasteiger partial charge in [-0.15, -0.1) is 0 Å². The van der Waals surface area contributed by atoms with Crippen molar-refractivity contribution in [2.24, 2.45) is 5.92 Å². The molecule has 29 heavy (non-hydrogen) atoms. The minimum Gasteiger partial charge on any atom is -0.378 e. The molecule has 3 amide bonds. The third kappa shape index (κ3) is 5.35. The summed E-state index contributed by atoms with van der Waals surface area (Å²) in [5.74, 6) is -0.174. The fraction of sp³-hybridized carbons (Fsp3) is 0.591. The molecule has 158 valence electrons. The molecule has 0 spiro atoms. The lowest BCUT2D eigenvalue weighted by molar-refractivity contribution is -0.141. The van der Waals surface area contributed by atoms with Crippen molar-refractivity contribution >= 4 is 17.7 Å². The van der Waals surface area contributed by atoms with Crippen LogP contribution in [0.4, 0.5) is 0 Å². The van der Waals surface area contributed by atoms with Gasteiger partial charge < -0.3 is 19.9 Å². The first-order valence-electron chi connectivity index (χ1n) is 10.5. The van der Waals surface area contributed by atoms with E-state index in [-0.39, 0.29) is 23.6 Å². The van der Waals surface area contributed by atoms with E-state index in [1.54, 1.807) is 21.9 Å². The van der Waals surface area contributed by atoms with Gasteiger partial charge >= 0.3 is 0 Å². The molecule has 0 aliphatic carbocycles. The molecule has 0 radical (unpaired) electrons. The first kappa shape index (κ1) is 21.3. The SMILES string of the molecule is CC(C)C[C@H](NC(=O)[C@@H]1CCCN1C(=O)c1ccccc1)C(=O)N1CCOCC1. The predicted molar refractivity (Wildman–Crippen MR) is 109 cm³/mol. The van der Waals surface area contributed by atoms with Crippen LogP contribution in [0.5, 0.6) is 0 Å². The minimum atomic E-state index is -0.574. The zero-order valence-corrected chi connectivity index (χ0v) is 17.3. The summed E-state index contributed by atoms with van der Waals surface area (Å²) >= 11 is 0. The molecule has 0 unspecified atom stereocenters. The number of hydrogen-bond acceptors (Lipinski definition) is 4. The number of nitrogens with zero attached hydrogens (tertiary/aromatic N) is 2. The second-order valence-electron chi connectivity index (χ2n) is 8.15. The van der Waals surface area contributed by atoms with Gasteiger partial charge in [0.2, 0.25) is 11.8 Å². The third-order valence-electron chi connectivity index (χ3n) is 5.48. The number of likely N-dealkylation sites (tertiary alicyclic amines) is 1. The largest absolute Gasteiger partial charge is 0.378 e. The zero-order chi connectivity index (χ0) is 20.8. The van der Waals surface area contributed by atoms with E-state index in [4.69, 9.17) is 4.74 Å². The molecule has 1 aromatic rings. The highest BCUT2D eigenvalue weighted by Crippen LogP contribution is 2.21. The molecule has 1 aromatic carbocycles. The molecule has 2 atom stereocenters. The topological polar surface area (TPSA) is 79.0 Å².